The lowest BCUT2D eigenvalue weighted by Gasteiger charge is -2.26. The van der Waals surface area contributed by atoms with Gasteiger partial charge in [-0.15, -0.1) is 0 Å². The van der Waals surface area contributed by atoms with E-state index in [1.54, 1.807) is 0 Å². The zero-order chi connectivity index (χ0) is 22.2. The minimum absolute atomic E-state index is 0.0570. The first-order valence-corrected chi connectivity index (χ1v) is 12.1. The minimum Gasteiger partial charge on any atom is -0.339 e. The van der Waals surface area contributed by atoms with Gasteiger partial charge in [-0.1, -0.05) is 55.3 Å². The van der Waals surface area contributed by atoms with Gasteiger partial charge in [0, 0.05) is 13.0 Å². The molecule has 2 aliphatic heterocycles. The molecule has 0 aliphatic carbocycles. The predicted molar refractivity (Wildman–Crippen MR) is 128 cm³/mol. The van der Waals surface area contributed by atoms with Crippen LogP contribution in [0.4, 0.5) is 0 Å². The maximum atomic E-state index is 12.4. The SMILES string of the molecule is N#C[C@H](Cc1ccc(-c2cccc(CN3CCCCC3)c2)cc1)NC(=O)[C@@H]1CCCCN1. The number of hydrogen-bond donors (Lipinski definition) is 2. The highest BCUT2D eigenvalue weighted by molar-refractivity contribution is 5.82. The molecule has 32 heavy (non-hydrogen) atoms. The van der Waals surface area contributed by atoms with Gasteiger partial charge in [0.2, 0.25) is 5.91 Å². The number of hydrogen-bond acceptors (Lipinski definition) is 4. The molecular formula is C27H34N4O. The van der Waals surface area contributed by atoms with Crippen molar-refractivity contribution in [2.45, 2.75) is 63.6 Å². The molecule has 4 rings (SSSR count). The molecule has 0 unspecified atom stereocenters. The van der Waals surface area contributed by atoms with E-state index in [1.165, 1.54) is 49.0 Å². The number of nitrogens with zero attached hydrogens (tertiary/aromatic N) is 2. The molecule has 2 atom stereocenters. The molecule has 0 radical (unpaired) electrons. The number of rotatable bonds is 7. The first kappa shape index (κ1) is 22.5. The Balaban J connectivity index is 1.35. The number of nitriles is 1. The summed E-state index contributed by atoms with van der Waals surface area (Å²) in [5.74, 6) is -0.0570. The van der Waals surface area contributed by atoms with Crippen LogP contribution in [0.3, 0.4) is 0 Å². The Labute approximate surface area is 191 Å². The highest BCUT2D eigenvalue weighted by Crippen LogP contribution is 2.23. The Kier molecular flexibility index (Phi) is 7.92. The number of carbonyl (C=O) groups is 1. The van der Waals surface area contributed by atoms with Gasteiger partial charge in [-0.3, -0.25) is 9.69 Å². The van der Waals surface area contributed by atoms with Crippen molar-refractivity contribution in [3.05, 3.63) is 59.7 Å². The van der Waals surface area contributed by atoms with Crippen LogP contribution in [0.5, 0.6) is 0 Å². The van der Waals surface area contributed by atoms with Crippen molar-refractivity contribution in [2.24, 2.45) is 0 Å². The maximum absolute atomic E-state index is 12.4. The summed E-state index contributed by atoms with van der Waals surface area (Å²) in [7, 11) is 0. The molecule has 2 heterocycles. The van der Waals surface area contributed by atoms with E-state index in [-0.39, 0.29) is 11.9 Å². The number of benzene rings is 2. The van der Waals surface area contributed by atoms with Gasteiger partial charge in [0.1, 0.15) is 6.04 Å². The molecule has 2 N–H and O–H groups in total. The summed E-state index contributed by atoms with van der Waals surface area (Å²) in [6, 6.07) is 18.8. The molecule has 2 aromatic rings. The summed E-state index contributed by atoms with van der Waals surface area (Å²) in [5.41, 5.74) is 4.82. The van der Waals surface area contributed by atoms with Crippen LogP contribution < -0.4 is 10.6 Å². The summed E-state index contributed by atoms with van der Waals surface area (Å²) in [5, 5.41) is 15.7. The topological polar surface area (TPSA) is 68.2 Å². The van der Waals surface area contributed by atoms with E-state index in [0.29, 0.717) is 6.42 Å². The monoisotopic (exact) mass is 430 g/mol. The van der Waals surface area contributed by atoms with Gasteiger partial charge in [0.05, 0.1) is 12.1 Å². The van der Waals surface area contributed by atoms with Crippen LogP contribution in [0.25, 0.3) is 11.1 Å². The van der Waals surface area contributed by atoms with E-state index in [2.05, 4.69) is 70.1 Å². The molecule has 1 amide bonds. The Hall–Kier alpha value is -2.68. The van der Waals surface area contributed by atoms with Crippen LogP contribution >= 0.6 is 0 Å². The molecule has 5 nitrogen and oxygen atoms in total. The van der Waals surface area contributed by atoms with Gasteiger partial charge in [0.15, 0.2) is 0 Å². The highest BCUT2D eigenvalue weighted by atomic mass is 16.2. The molecule has 2 aliphatic rings. The van der Waals surface area contributed by atoms with Crippen molar-refractivity contribution in [1.82, 2.24) is 15.5 Å². The molecule has 0 aromatic heterocycles. The van der Waals surface area contributed by atoms with Crippen molar-refractivity contribution in [3.8, 4) is 17.2 Å². The lowest BCUT2D eigenvalue weighted by molar-refractivity contribution is -0.124. The van der Waals surface area contributed by atoms with Crippen LogP contribution in [-0.4, -0.2) is 42.5 Å². The van der Waals surface area contributed by atoms with Gasteiger partial charge in [0.25, 0.3) is 0 Å². The van der Waals surface area contributed by atoms with Crippen molar-refractivity contribution in [1.29, 1.82) is 5.26 Å². The Morgan fingerprint density at radius 1 is 1.03 bits per heavy atom. The molecule has 2 aromatic carbocycles. The van der Waals surface area contributed by atoms with Crippen molar-refractivity contribution >= 4 is 5.91 Å². The van der Waals surface area contributed by atoms with Crippen LogP contribution in [-0.2, 0) is 17.8 Å². The fraction of sp³-hybridized carbons (Fsp3) is 0.481. The van der Waals surface area contributed by atoms with E-state index < -0.39 is 6.04 Å². The number of nitrogens with one attached hydrogen (secondary N) is 2. The molecule has 0 spiro atoms. The predicted octanol–water partition coefficient (Wildman–Crippen LogP) is 4.03. The first-order chi connectivity index (χ1) is 15.7. The van der Waals surface area contributed by atoms with Crippen LogP contribution in [0.2, 0.25) is 0 Å². The van der Waals surface area contributed by atoms with Gasteiger partial charge < -0.3 is 10.6 Å². The quantitative estimate of drug-likeness (QED) is 0.696. The maximum Gasteiger partial charge on any atom is 0.238 e. The number of piperidine rings is 2. The summed E-state index contributed by atoms with van der Waals surface area (Å²) >= 11 is 0. The second kappa shape index (κ2) is 11.3. The Morgan fingerprint density at radius 2 is 1.84 bits per heavy atom. The second-order valence-electron chi connectivity index (χ2n) is 9.13. The molecular weight excluding hydrogens is 396 g/mol. The summed E-state index contributed by atoms with van der Waals surface area (Å²) in [4.78, 5) is 15.0. The van der Waals surface area contributed by atoms with E-state index in [4.69, 9.17) is 0 Å². The van der Waals surface area contributed by atoms with Crippen molar-refractivity contribution in [3.63, 3.8) is 0 Å². The smallest absolute Gasteiger partial charge is 0.238 e. The van der Waals surface area contributed by atoms with Gasteiger partial charge >= 0.3 is 0 Å². The van der Waals surface area contributed by atoms with Crippen LogP contribution in [0, 0.1) is 11.3 Å². The van der Waals surface area contributed by atoms with Crippen molar-refractivity contribution < 1.29 is 4.79 Å². The van der Waals surface area contributed by atoms with Gasteiger partial charge in [-0.05, 0) is 73.6 Å². The molecule has 2 saturated heterocycles. The van der Waals surface area contributed by atoms with E-state index in [9.17, 15) is 10.1 Å². The third kappa shape index (κ3) is 6.18. The number of likely N-dealkylation sites (tertiary alicyclic amines) is 1. The van der Waals surface area contributed by atoms with Crippen molar-refractivity contribution in [2.75, 3.05) is 19.6 Å². The van der Waals surface area contributed by atoms with E-state index >= 15 is 0 Å². The van der Waals surface area contributed by atoms with Crippen LogP contribution in [0.15, 0.2) is 48.5 Å². The standard InChI is InChI=1S/C27H34N4O/c28-19-25(30-27(32)26-9-2-3-14-29-26)18-21-10-12-23(13-11-21)24-8-6-7-22(17-24)20-31-15-4-1-5-16-31/h6-8,10-13,17,25-26,29H,1-5,9,14-16,18,20H2,(H,30,32)/t25-,26-/m0/s1. The Bertz CT molecular complexity index is 921. The van der Waals surface area contributed by atoms with E-state index in [0.717, 1.165) is 37.9 Å². The fourth-order valence-corrected chi connectivity index (χ4v) is 4.77. The molecule has 168 valence electrons. The average molecular weight is 431 g/mol. The largest absolute Gasteiger partial charge is 0.339 e. The van der Waals surface area contributed by atoms with Gasteiger partial charge in [-0.2, -0.15) is 5.26 Å². The second-order valence-corrected chi connectivity index (χ2v) is 9.13. The summed E-state index contributed by atoms with van der Waals surface area (Å²) in [6.45, 7) is 4.29. The van der Waals surface area contributed by atoms with Crippen LogP contribution in [0.1, 0.15) is 49.7 Å². The molecule has 2 fully saturated rings. The zero-order valence-corrected chi connectivity index (χ0v) is 18.9. The molecule has 0 saturated carbocycles. The number of carbonyl (C=O) groups excluding carboxylic acids is 1. The lowest BCUT2D eigenvalue weighted by atomic mass is 9.99. The Morgan fingerprint density at radius 3 is 2.56 bits per heavy atom. The first-order valence-electron chi connectivity index (χ1n) is 12.1. The number of amides is 1. The minimum atomic E-state index is -0.509. The molecule has 0 bridgehead atoms. The lowest BCUT2D eigenvalue weighted by Crippen LogP contribution is -2.49. The van der Waals surface area contributed by atoms with Gasteiger partial charge in [-0.25, -0.2) is 0 Å². The fourth-order valence-electron chi connectivity index (χ4n) is 4.77. The van der Waals surface area contributed by atoms with E-state index in [1.807, 2.05) is 0 Å². The third-order valence-corrected chi connectivity index (χ3v) is 6.61. The zero-order valence-electron chi connectivity index (χ0n) is 18.9. The third-order valence-electron chi connectivity index (χ3n) is 6.61. The summed E-state index contributed by atoms with van der Waals surface area (Å²) in [6.07, 6.45) is 7.50. The highest BCUT2D eigenvalue weighted by Gasteiger charge is 2.23. The average Bonchev–Trinajstić information content (AvgIpc) is 2.85. The normalized spacial score (nSPS) is 20.3. The molecule has 5 heteroatoms. The summed E-state index contributed by atoms with van der Waals surface area (Å²) < 4.78 is 0.